The van der Waals surface area contributed by atoms with Gasteiger partial charge in [0.15, 0.2) is 0 Å². The zero-order valence-electron chi connectivity index (χ0n) is 15.6. The van der Waals surface area contributed by atoms with E-state index in [1.807, 2.05) is 6.07 Å². The second kappa shape index (κ2) is 8.68. The third-order valence-corrected chi connectivity index (χ3v) is 4.76. The van der Waals surface area contributed by atoms with E-state index in [4.69, 9.17) is 5.26 Å². The molecule has 0 bridgehead atoms. The second-order valence-electron chi connectivity index (χ2n) is 7.46. The summed E-state index contributed by atoms with van der Waals surface area (Å²) >= 11 is 0. The fraction of sp³-hybridized carbons (Fsp3) is 0.526. The third-order valence-electron chi connectivity index (χ3n) is 4.76. The molecule has 1 aliphatic rings. The zero-order chi connectivity index (χ0) is 19.2. The van der Waals surface area contributed by atoms with Crippen molar-refractivity contribution in [3.05, 3.63) is 35.4 Å². The highest BCUT2D eigenvalue weighted by atomic mass is 16.2. The molecule has 0 radical (unpaired) electrons. The van der Waals surface area contributed by atoms with Gasteiger partial charge in [0, 0.05) is 24.2 Å². The van der Waals surface area contributed by atoms with Gasteiger partial charge in [0.1, 0.15) is 0 Å². The zero-order valence-corrected chi connectivity index (χ0v) is 15.6. The number of benzene rings is 1. The summed E-state index contributed by atoms with van der Waals surface area (Å²) < 4.78 is 0. The molecule has 1 aromatic carbocycles. The fourth-order valence-corrected chi connectivity index (χ4v) is 3.07. The van der Waals surface area contributed by atoms with Crippen LogP contribution < -0.4 is 16.2 Å². The van der Waals surface area contributed by atoms with Crippen LogP contribution in [0.15, 0.2) is 24.3 Å². The highest BCUT2D eigenvalue weighted by Crippen LogP contribution is 2.23. The van der Waals surface area contributed by atoms with E-state index in [1.165, 1.54) is 25.0 Å². The maximum absolute atomic E-state index is 12.0. The van der Waals surface area contributed by atoms with Crippen LogP contribution in [0, 0.1) is 17.2 Å². The van der Waals surface area contributed by atoms with Crippen molar-refractivity contribution in [2.24, 2.45) is 5.92 Å². The Balaban J connectivity index is 1.77. The van der Waals surface area contributed by atoms with Gasteiger partial charge in [-0.05, 0) is 63.4 Å². The third kappa shape index (κ3) is 5.46. The van der Waals surface area contributed by atoms with Crippen LogP contribution in [0.2, 0.25) is 0 Å². The van der Waals surface area contributed by atoms with Crippen LogP contribution in [0.4, 0.5) is 4.79 Å². The summed E-state index contributed by atoms with van der Waals surface area (Å²) in [5.74, 6) is 0.234. The Bertz CT molecular complexity index is 678. The number of amides is 3. The van der Waals surface area contributed by atoms with Crippen molar-refractivity contribution in [2.45, 2.75) is 39.2 Å². The Kier molecular flexibility index (Phi) is 6.58. The van der Waals surface area contributed by atoms with Crippen molar-refractivity contribution >= 4 is 11.9 Å². The van der Waals surface area contributed by atoms with Gasteiger partial charge >= 0.3 is 6.03 Å². The number of hydrogen-bond acceptors (Lipinski definition) is 4. The normalized spacial score (nSPS) is 17.8. The predicted molar refractivity (Wildman–Crippen MR) is 99.2 cm³/mol. The Morgan fingerprint density at radius 3 is 2.58 bits per heavy atom. The molecule has 3 amide bonds. The first-order chi connectivity index (χ1) is 12.3. The number of likely N-dealkylation sites (tertiary alicyclic amines) is 1. The summed E-state index contributed by atoms with van der Waals surface area (Å²) in [5.41, 5.74) is 5.41. The number of hydrogen-bond donors (Lipinski definition) is 3. The minimum atomic E-state index is -0.454. The van der Waals surface area contributed by atoms with Gasteiger partial charge in [-0.25, -0.2) is 10.2 Å². The molecule has 0 saturated carbocycles. The molecular formula is C19H27N5O2. The first-order valence-corrected chi connectivity index (χ1v) is 8.91. The van der Waals surface area contributed by atoms with Crippen molar-refractivity contribution in [3.63, 3.8) is 0 Å². The molecule has 0 spiro atoms. The number of nitrogens with one attached hydrogen (secondary N) is 3. The number of carbonyl (C=O) groups is 2. The standard InChI is InChI=1S/C19H27N5O2/c1-14-5-4-10-24(12-14)19(2,3)13-21-18(26)23-22-17(25)16-8-6-15(11-20)7-9-16/h6-9,14H,4-5,10,12-13H2,1-3H3,(H,22,25)(H2,21,23,26)/t14-/m1/s1. The molecule has 2 rings (SSSR count). The fourth-order valence-electron chi connectivity index (χ4n) is 3.07. The highest BCUT2D eigenvalue weighted by molar-refractivity contribution is 5.95. The predicted octanol–water partition coefficient (Wildman–Crippen LogP) is 2.01. The van der Waals surface area contributed by atoms with Crippen LogP contribution in [-0.2, 0) is 0 Å². The lowest BCUT2D eigenvalue weighted by molar-refractivity contribution is 0.0721. The first kappa shape index (κ1) is 19.7. The quantitative estimate of drug-likeness (QED) is 0.718. The van der Waals surface area contributed by atoms with E-state index >= 15 is 0 Å². The van der Waals surface area contributed by atoms with E-state index in [0.717, 1.165) is 13.1 Å². The van der Waals surface area contributed by atoms with E-state index in [-0.39, 0.29) is 5.54 Å². The molecule has 140 valence electrons. The van der Waals surface area contributed by atoms with Gasteiger partial charge in [-0.2, -0.15) is 5.26 Å². The molecule has 0 aliphatic carbocycles. The van der Waals surface area contributed by atoms with Crippen LogP contribution in [0.5, 0.6) is 0 Å². The van der Waals surface area contributed by atoms with E-state index in [0.29, 0.717) is 23.6 Å². The van der Waals surface area contributed by atoms with Crippen LogP contribution in [0.25, 0.3) is 0 Å². The van der Waals surface area contributed by atoms with Gasteiger partial charge in [-0.1, -0.05) is 6.92 Å². The minimum Gasteiger partial charge on any atom is -0.335 e. The molecule has 1 aromatic rings. The van der Waals surface area contributed by atoms with Crippen LogP contribution in [0.3, 0.4) is 0 Å². The number of piperidine rings is 1. The van der Waals surface area contributed by atoms with E-state index in [9.17, 15) is 9.59 Å². The van der Waals surface area contributed by atoms with Gasteiger partial charge in [0.2, 0.25) is 0 Å². The Morgan fingerprint density at radius 2 is 1.96 bits per heavy atom. The summed E-state index contributed by atoms with van der Waals surface area (Å²) in [5, 5.41) is 11.6. The molecule has 1 atom stereocenters. The summed E-state index contributed by atoms with van der Waals surface area (Å²) in [6.45, 7) is 9.03. The minimum absolute atomic E-state index is 0.150. The number of nitriles is 1. The molecule has 26 heavy (non-hydrogen) atoms. The topological polar surface area (TPSA) is 97.3 Å². The van der Waals surface area contributed by atoms with Crippen molar-refractivity contribution in [3.8, 4) is 6.07 Å². The maximum atomic E-state index is 12.0. The number of hydrazine groups is 1. The van der Waals surface area contributed by atoms with Gasteiger partial charge < -0.3 is 5.32 Å². The molecule has 1 saturated heterocycles. The second-order valence-corrected chi connectivity index (χ2v) is 7.46. The average Bonchev–Trinajstić information content (AvgIpc) is 2.64. The van der Waals surface area contributed by atoms with Crippen molar-refractivity contribution < 1.29 is 9.59 Å². The largest absolute Gasteiger partial charge is 0.335 e. The van der Waals surface area contributed by atoms with Crippen molar-refractivity contribution in [2.75, 3.05) is 19.6 Å². The molecular weight excluding hydrogens is 330 g/mol. The Labute approximate surface area is 154 Å². The average molecular weight is 357 g/mol. The van der Waals surface area contributed by atoms with E-state index < -0.39 is 11.9 Å². The summed E-state index contributed by atoms with van der Waals surface area (Å²) in [6, 6.07) is 7.71. The molecule has 0 unspecified atom stereocenters. The van der Waals surface area contributed by atoms with Crippen LogP contribution in [0.1, 0.15) is 49.5 Å². The first-order valence-electron chi connectivity index (χ1n) is 8.91. The highest BCUT2D eigenvalue weighted by Gasteiger charge is 2.30. The lowest BCUT2D eigenvalue weighted by Gasteiger charge is -2.43. The molecule has 3 N–H and O–H groups in total. The van der Waals surface area contributed by atoms with Crippen LogP contribution >= 0.6 is 0 Å². The molecule has 1 fully saturated rings. The maximum Gasteiger partial charge on any atom is 0.333 e. The Hall–Kier alpha value is -2.59. The van der Waals surface area contributed by atoms with Crippen molar-refractivity contribution in [1.29, 1.82) is 5.26 Å². The lowest BCUT2D eigenvalue weighted by atomic mass is 9.93. The SMILES string of the molecule is C[C@@H]1CCCN(C(C)(C)CNC(=O)NNC(=O)c2ccc(C#N)cc2)C1. The van der Waals surface area contributed by atoms with E-state index in [2.05, 4.69) is 41.8 Å². The molecule has 0 aromatic heterocycles. The summed E-state index contributed by atoms with van der Waals surface area (Å²) in [7, 11) is 0. The molecule has 1 aliphatic heterocycles. The molecule has 7 nitrogen and oxygen atoms in total. The molecule has 7 heteroatoms. The van der Waals surface area contributed by atoms with Gasteiger partial charge in [-0.3, -0.25) is 15.1 Å². The van der Waals surface area contributed by atoms with Gasteiger partial charge in [-0.15, -0.1) is 0 Å². The number of rotatable bonds is 4. The summed E-state index contributed by atoms with van der Waals surface area (Å²) in [4.78, 5) is 26.4. The van der Waals surface area contributed by atoms with E-state index in [1.54, 1.807) is 12.1 Å². The monoisotopic (exact) mass is 357 g/mol. The Morgan fingerprint density at radius 1 is 1.27 bits per heavy atom. The van der Waals surface area contributed by atoms with Crippen LogP contribution in [-0.4, -0.2) is 42.0 Å². The van der Waals surface area contributed by atoms with Gasteiger partial charge in [0.05, 0.1) is 11.6 Å². The van der Waals surface area contributed by atoms with Crippen molar-refractivity contribution in [1.82, 2.24) is 21.1 Å². The molecule has 1 heterocycles. The van der Waals surface area contributed by atoms with Gasteiger partial charge in [0.25, 0.3) is 5.91 Å². The smallest absolute Gasteiger partial charge is 0.333 e. The summed E-state index contributed by atoms with van der Waals surface area (Å²) in [6.07, 6.45) is 2.43. The number of nitrogens with zero attached hydrogens (tertiary/aromatic N) is 2. The lowest BCUT2D eigenvalue weighted by Crippen LogP contribution is -2.57. The number of carbonyl (C=O) groups excluding carboxylic acids is 2. The number of urea groups is 1.